The molecule has 1 aromatic carbocycles. The van der Waals surface area contributed by atoms with Crippen LogP contribution in [0.4, 0.5) is 18.9 Å². The van der Waals surface area contributed by atoms with Crippen LogP contribution >= 0.6 is 0 Å². The zero-order valence-corrected chi connectivity index (χ0v) is 19.2. The number of anilines is 1. The summed E-state index contributed by atoms with van der Waals surface area (Å²) >= 11 is 0. The van der Waals surface area contributed by atoms with Gasteiger partial charge in [-0.2, -0.15) is 8.78 Å². The van der Waals surface area contributed by atoms with Crippen LogP contribution in [0.15, 0.2) is 30.6 Å². The minimum absolute atomic E-state index is 0.0172. The van der Waals surface area contributed by atoms with Gasteiger partial charge in [0, 0.05) is 24.3 Å². The molecule has 0 saturated heterocycles. The number of benzene rings is 2. The molecule has 0 bridgehead atoms. The van der Waals surface area contributed by atoms with Gasteiger partial charge in [0.05, 0.1) is 10.9 Å². The van der Waals surface area contributed by atoms with Crippen molar-refractivity contribution in [3.8, 4) is 11.3 Å². The van der Waals surface area contributed by atoms with E-state index in [0.29, 0.717) is 11.0 Å². The third kappa shape index (κ3) is 2.56. The van der Waals surface area contributed by atoms with Crippen molar-refractivity contribution in [1.29, 1.82) is 0 Å². The standard InChI is InChI=1S/C26H22F3NO4/c1-25(2)5-7-30-8-6-26(3,4)15-19(30)14(25)10-12-21-13(24(32)34-22(12)15)9-11-16(27)17(28)20(31)18(29)23(11)33-21/h9-10H,5-8H2,1-4H3. The second kappa shape index (κ2) is 6.43. The first-order valence-corrected chi connectivity index (χ1v) is 11.3. The Morgan fingerprint density at radius 1 is 0.824 bits per heavy atom. The average Bonchev–Trinajstić information content (AvgIpc) is 2.79. The average molecular weight is 469 g/mol. The molecule has 0 N–H and O–H groups in total. The molecule has 0 saturated carbocycles. The highest BCUT2D eigenvalue weighted by Crippen LogP contribution is 2.52. The summed E-state index contributed by atoms with van der Waals surface area (Å²) < 4.78 is 54.6. The van der Waals surface area contributed by atoms with Crippen molar-refractivity contribution in [2.45, 2.75) is 51.4 Å². The lowest BCUT2D eigenvalue weighted by Gasteiger charge is -2.48. The van der Waals surface area contributed by atoms with E-state index in [-0.39, 0.29) is 21.8 Å². The van der Waals surface area contributed by atoms with Crippen molar-refractivity contribution in [2.75, 3.05) is 18.0 Å². The molecule has 4 heterocycles. The Morgan fingerprint density at radius 3 is 2.21 bits per heavy atom. The van der Waals surface area contributed by atoms with Gasteiger partial charge >= 0.3 is 5.63 Å². The molecule has 0 spiro atoms. The van der Waals surface area contributed by atoms with E-state index in [4.69, 9.17) is 8.83 Å². The fourth-order valence-electron chi connectivity index (χ4n) is 5.56. The Kier molecular flexibility index (Phi) is 4.02. The molecule has 3 aliphatic heterocycles. The zero-order valence-electron chi connectivity index (χ0n) is 19.2. The topological polar surface area (TPSA) is 63.7 Å². The number of hydrogen-bond acceptors (Lipinski definition) is 5. The van der Waals surface area contributed by atoms with Crippen LogP contribution in [0.3, 0.4) is 0 Å². The van der Waals surface area contributed by atoms with Gasteiger partial charge in [0.1, 0.15) is 11.0 Å². The Bertz CT molecular complexity index is 1640. The molecule has 0 unspecified atom stereocenters. The molecule has 8 heteroatoms. The molecule has 4 aliphatic rings. The molecule has 1 aliphatic carbocycles. The largest absolute Gasteiger partial charge is 0.452 e. The van der Waals surface area contributed by atoms with Gasteiger partial charge in [0.2, 0.25) is 11.6 Å². The van der Waals surface area contributed by atoms with E-state index in [9.17, 15) is 22.8 Å². The van der Waals surface area contributed by atoms with E-state index in [2.05, 4.69) is 32.6 Å². The van der Waals surface area contributed by atoms with Crippen molar-refractivity contribution >= 4 is 27.6 Å². The minimum Gasteiger partial charge on any atom is -0.452 e. The lowest BCUT2D eigenvalue weighted by atomic mass is 9.69. The maximum Gasteiger partial charge on any atom is 0.347 e. The van der Waals surface area contributed by atoms with E-state index in [1.165, 1.54) is 0 Å². The van der Waals surface area contributed by atoms with Crippen LogP contribution in [0.1, 0.15) is 51.7 Å². The van der Waals surface area contributed by atoms with Gasteiger partial charge in [-0.3, -0.25) is 4.79 Å². The monoisotopic (exact) mass is 469 g/mol. The third-order valence-electron chi connectivity index (χ3n) is 7.66. The summed E-state index contributed by atoms with van der Waals surface area (Å²) in [6, 6.07) is 2.88. The molecule has 0 atom stereocenters. The summed E-state index contributed by atoms with van der Waals surface area (Å²) in [7, 11) is 0. The smallest absolute Gasteiger partial charge is 0.347 e. The van der Waals surface area contributed by atoms with Gasteiger partial charge in [-0.1, -0.05) is 27.7 Å². The molecular formula is C26H22F3NO4. The summed E-state index contributed by atoms with van der Waals surface area (Å²) in [5.41, 5.74) is -0.374. The van der Waals surface area contributed by atoms with E-state index >= 15 is 0 Å². The van der Waals surface area contributed by atoms with Gasteiger partial charge in [0.25, 0.3) is 5.43 Å². The Labute approximate surface area is 192 Å². The summed E-state index contributed by atoms with van der Waals surface area (Å²) in [5, 5.41) is 0.286. The SMILES string of the molecule is CC1(C)CCN2CCC(C)(C)c3c2c1cc1c3oc(=O)c2cc3c(F)c(F)c(=O)c(F)c-3oc21. The summed E-state index contributed by atoms with van der Waals surface area (Å²) in [4.78, 5) is 27.2. The molecule has 5 nitrogen and oxygen atoms in total. The molecule has 0 radical (unpaired) electrons. The normalized spacial score (nSPS) is 18.6. The molecule has 176 valence electrons. The molecule has 0 fully saturated rings. The molecule has 2 aromatic rings. The fraction of sp³-hybridized carbons (Fsp3) is 0.385. The number of halogens is 3. The predicted molar refractivity (Wildman–Crippen MR) is 123 cm³/mol. The van der Waals surface area contributed by atoms with Gasteiger partial charge in [-0.25, -0.2) is 9.18 Å². The van der Waals surface area contributed by atoms with Crippen molar-refractivity contribution in [3.63, 3.8) is 0 Å². The lowest BCUT2D eigenvalue weighted by molar-refractivity contribution is 0.398. The summed E-state index contributed by atoms with van der Waals surface area (Å²) in [5.74, 6) is -5.69. The second-order valence-electron chi connectivity index (χ2n) is 10.7. The predicted octanol–water partition coefficient (Wildman–Crippen LogP) is 5.59. The van der Waals surface area contributed by atoms with Crippen LogP contribution < -0.4 is 16.0 Å². The van der Waals surface area contributed by atoms with Crippen molar-refractivity contribution < 1.29 is 22.0 Å². The Morgan fingerprint density at radius 2 is 1.50 bits per heavy atom. The van der Waals surface area contributed by atoms with E-state index in [1.807, 2.05) is 6.07 Å². The second-order valence-corrected chi connectivity index (χ2v) is 10.7. The third-order valence-corrected chi connectivity index (χ3v) is 7.66. The maximum absolute atomic E-state index is 14.7. The molecular weight excluding hydrogens is 447 g/mol. The highest BCUT2D eigenvalue weighted by molar-refractivity contribution is 6.05. The number of nitrogens with zero attached hydrogens (tertiary/aromatic N) is 1. The van der Waals surface area contributed by atoms with E-state index in [0.717, 1.165) is 48.8 Å². The molecule has 1 aromatic heterocycles. The number of rotatable bonds is 0. The Balaban J connectivity index is 1.87. The van der Waals surface area contributed by atoms with Gasteiger partial charge in [0.15, 0.2) is 17.2 Å². The quantitative estimate of drug-likeness (QED) is 0.145. The Hall–Kier alpha value is -3.29. The van der Waals surface area contributed by atoms with Crippen LogP contribution in [-0.4, -0.2) is 13.1 Å². The maximum atomic E-state index is 14.7. The zero-order chi connectivity index (χ0) is 24.3. The van der Waals surface area contributed by atoms with Crippen LogP contribution in [-0.2, 0) is 10.8 Å². The van der Waals surface area contributed by atoms with E-state index in [1.54, 1.807) is 0 Å². The van der Waals surface area contributed by atoms with E-state index < -0.39 is 39.8 Å². The molecule has 0 amide bonds. The fourth-order valence-corrected chi connectivity index (χ4v) is 5.56. The van der Waals surface area contributed by atoms with Gasteiger partial charge in [-0.15, -0.1) is 0 Å². The summed E-state index contributed by atoms with van der Waals surface area (Å²) in [6.45, 7) is 10.2. The lowest BCUT2D eigenvalue weighted by Crippen LogP contribution is -2.44. The first kappa shape index (κ1) is 21.3. The highest BCUT2D eigenvalue weighted by atomic mass is 19.2. The number of hydrogen-bond donors (Lipinski definition) is 0. The number of fused-ring (bicyclic) bond motifs is 5. The first-order chi connectivity index (χ1) is 15.9. The van der Waals surface area contributed by atoms with Crippen LogP contribution in [0.2, 0.25) is 0 Å². The highest BCUT2D eigenvalue weighted by Gasteiger charge is 2.42. The van der Waals surface area contributed by atoms with Crippen molar-refractivity contribution in [1.82, 2.24) is 0 Å². The van der Waals surface area contributed by atoms with Crippen molar-refractivity contribution in [3.05, 3.63) is 61.4 Å². The molecule has 6 rings (SSSR count). The van der Waals surface area contributed by atoms with Crippen LogP contribution in [0, 0.1) is 17.5 Å². The van der Waals surface area contributed by atoms with Crippen LogP contribution in [0.25, 0.3) is 33.3 Å². The van der Waals surface area contributed by atoms with Gasteiger partial charge in [-0.05, 0) is 41.4 Å². The molecule has 34 heavy (non-hydrogen) atoms. The minimum atomic E-state index is -1.85. The first-order valence-electron chi connectivity index (χ1n) is 11.3. The summed E-state index contributed by atoms with van der Waals surface area (Å²) in [6.07, 6.45) is 1.76. The van der Waals surface area contributed by atoms with Crippen LogP contribution in [0.5, 0.6) is 0 Å². The van der Waals surface area contributed by atoms with Gasteiger partial charge < -0.3 is 13.7 Å². The van der Waals surface area contributed by atoms with Crippen molar-refractivity contribution in [2.24, 2.45) is 0 Å².